The van der Waals surface area contributed by atoms with Crippen molar-refractivity contribution in [3.63, 3.8) is 0 Å². The molecule has 6 heteroatoms. The van der Waals surface area contributed by atoms with E-state index in [1.54, 1.807) is 0 Å². The van der Waals surface area contributed by atoms with Gasteiger partial charge in [0.15, 0.2) is 0 Å². The van der Waals surface area contributed by atoms with E-state index < -0.39 is 36.9 Å². The van der Waals surface area contributed by atoms with Crippen LogP contribution in [-0.2, 0) is 9.47 Å². The molecule has 0 saturated carbocycles. The highest BCUT2D eigenvalue weighted by molar-refractivity contribution is 4.93. The maximum atomic E-state index is 13.0. The molecule has 0 N–H and O–H groups in total. The fraction of sp³-hybridized carbons (Fsp3) is 1.00. The third-order valence-corrected chi connectivity index (χ3v) is 2.31. The lowest BCUT2D eigenvalue weighted by molar-refractivity contribution is -0.218. The minimum atomic E-state index is -3.99. The van der Waals surface area contributed by atoms with Crippen molar-refractivity contribution in [1.82, 2.24) is 0 Å². The van der Waals surface area contributed by atoms with Crippen LogP contribution in [0.25, 0.3) is 0 Å². The van der Waals surface area contributed by atoms with Crippen LogP contribution >= 0.6 is 0 Å². The predicted molar refractivity (Wildman–Crippen MR) is 38.6 cm³/mol. The maximum Gasteiger partial charge on any atom is 0.312 e. The molecular formula is C8H10F4O2. The summed E-state index contributed by atoms with van der Waals surface area (Å²) in [5.74, 6) is -7.97. The van der Waals surface area contributed by atoms with E-state index in [4.69, 9.17) is 0 Å². The Labute approximate surface area is 78.2 Å². The second kappa shape index (κ2) is 3.06. The van der Waals surface area contributed by atoms with Gasteiger partial charge in [-0.25, -0.2) is 0 Å². The highest BCUT2D eigenvalue weighted by Gasteiger charge is 2.59. The van der Waals surface area contributed by atoms with Gasteiger partial charge in [-0.15, -0.1) is 0 Å². The van der Waals surface area contributed by atoms with Crippen LogP contribution in [0.2, 0.25) is 0 Å². The van der Waals surface area contributed by atoms with Crippen LogP contribution in [0.3, 0.4) is 0 Å². The van der Waals surface area contributed by atoms with Gasteiger partial charge in [-0.3, -0.25) is 0 Å². The Bertz CT molecular complexity index is 199. The van der Waals surface area contributed by atoms with Gasteiger partial charge in [0.05, 0.1) is 25.4 Å². The molecular weight excluding hydrogens is 204 g/mol. The quantitative estimate of drug-likeness (QED) is 0.515. The Hall–Kier alpha value is -0.360. The van der Waals surface area contributed by atoms with Gasteiger partial charge in [0.2, 0.25) is 0 Å². The van der Waals surface area contributed by atoms with E-state index in [0.29, 0.717) is 0 Å². The van der Waals surface area contributed by atoms with Crippen LogP contribution < -0.4 is 0 Å². The first kappa shape index (κ1) is 10.2. The van der Waals surface area contributed by atoms with E-state index in [1.165, 1.54) is 0 Å². The Morgan fingerprint density at radius 3 is 1.36 bits per heavy atom. The van der Waals surface area contributed by atoms with Crippen LogP contribution in [-0.4, -0.2) is 37.3 Å². The largest absolute Gasteiger partial charge is 0.373 e. The summed E-state index contributed by atoms with van der Waals surface area (Å²) in [4.78, 5) is 0. The molecule has 2 aliphatic heterocycles. The van der Waals surface area contributed by atoms with E-state index in [9.17, 15) is 17.6 Å². The molecule has 82 valence electrons. The van der Waals surface area contributed by atoms with Gasteiger partial charge in [0.25, 0.3) is 0 Å². The fourth-order valence-corrected chi connectivity index (χ4v) is 1.24. The summed E-state index contributed by atoms with van der Waals surface area (Å²) in [5, 5.41) is 0. The lowest BCUT2D eigenvalue weighted by Gasteiger charge is -2.25. The van der Waals surface area contributed by atoms with E-state index in [0.717, 1.165) is 0 Å². The number of hydrogen-bond donors (Lipinski definition) is 0. The average molecular weight is 214 g/mol. The van der Waals surface area contributed by atoms with E-state index in [2.05, 4.69) is 9.47 Å². The molecule has 0 spiro atoms. The topological polar surface area (TPSA) is 25.1 Å². The first-order valence-corrected chi connectivity index (χ1v) is 4.39. The van der Waals surface area contributed by atoms with E-state index in [1.807, 2.05) is 0 Å². The molecule has 2 atom stereocenters. The van der Waals surface area contributed by atoms with Gasteiger partial charge in [-0.2, -0.15) is 17.6 Å². The fourth-order valence-electron chi connectivity index (χ4n) is 1.24. The third-order valence-electron chi connectivity index (χ3n) is 2.31. The normalized spacial score (nSPS) is 31.7. The highest BCUT2D eigenvalue weighted by atomic mass is 19.3. The van der Waals surface area contributed by atoms with Crippen LogP contribution in [0.5, 0.6) is 0 Å². The SMILES string of the molecule is FC(F)(CC1CO1)C(F)(F)CC1CO1. The van der Waals surface area contributed by atoms with Gasteiger partial charge in [-0.1, -0.05) is 0 Å². The number of epoxide rings is 2. The summed E-state index contributed by atoms with van der Waals surface area (Å²) in [6.45, 7) is 0.317. The van der Waals surface area contributed by atoms with Gasteiger partial charge >= 0.3 is 11.8 Å². The second-order valence-electron chi connectivity index (χ2n) is 3.73. The summed E-state index contributed by atoms with van der Waals surface area (Å²) >= 11 is 0. The Morgan fingerprint density at radius 2 is 1.14 bits per heavy atom. The van der Waals surface area contributed by atoms with Crippen LogP contribution in [0, 0.1) is 0 Å². The molecule has 2 heterocycles. The van der Waals surface area contributed by atoms with Crippen molar-refractivity contribution in [2.45, 2.75) is 36.9 Å². The average Bonchev–Trinajstić information content (AvgIpc) is 2.82. The molecule has 2 nitrogen and oxygen atoms in total. The summed E-state index contributed by atoms with van der Waals surface area (Å²) < 4.78 is 61.0. The highest BCUT2D eigenvalue weighted by Crippen LogP contribution is 2.44. The minimum absolute atomic E-state index is 0.158. The molecule has 0 aromatic carbocycles. The molecule has 0 radical (unpaired) electrons. The molecule has 2 rings (SSSR count). The van der Waals surface area contributed by atoms with E-state index in [-0.39, 0.29) is 13.2 Å². The summed E-state index contributed by atoms with van der Waals surface area (Å²) in [6.07, 6.45) is -3.19. The zero-order valence-corrected chi connectivity index (χ0v) is 7.31. The monoisotopic (exact) mass is 214 g/mol. The first-order chi connectivity index (χ1) is 6.41. The number of halogens is 4. The standard InChI is InChI=1S/C8H10F4O2/c9-7(10,1-5-3-13-5)8(11,12)2-6-4-14-6/h5-6H,1-4H2. The number of hydrogen-bond acceptors (Lipinski definition) is 2. The van der Waals surface area contributed by atoms with Crippen LogP contribution in [0.1, 0.15) is 12.8 Å². The van der Waals surface area contributed by atoms with Crippen molar-refractivity contribution in [3.05, 3.63) is 0 Å². The van der Waals surface area contributed by atoms with E-state index >= 15 is 0 Å². The van der Waals surface area contributed by atoms with Crippen LogP contribution in [0.4, 0.5) is 17.6 Å². The number of ether oxygens (including phenoxy) is 2. The van der Waals surface area contributed by atoms with Crippen molar-refractivity contribution in [2.75, 3.05) is 13.2 Å². The van der Waals surface area contributed by atoms with Crippen molar-refractivity contribution >= 4 is 0 Å². The number of alkyl halides is 4. The van der Waals surface area contributed by atoms with Crippen molar-refractivity contribution in [1.29, 1.82) is 0 Å². The molecule has 0 aliphatic carbocycles. The van der Waals surface area contributed by atoms with Crippen molar-refractivity contribution in [3.8, 4) is 0 Å². The maximum absolute atomic E-state index is 13.0. The summed E-state index contributed by atoms with van der Waals surface area (Å²) in [5.41, 5.74) is 0. The molecule has 0 amide bonds. The van der Waals surface area contributed by atoms with Crippen molar-refractivity contribution < 1.29 is 27.0 Å². The number of rotatable bonds is 5. The Morgan fingerprint density at radius 1 is 0.857 bits per heavy atom. The molecule has 0 aromatic rings. The summed E-state index contributed by atoms with van der Waals surface area (Å²) in [7, 11) is 0. The third kappa shape index (κ3) is 2.17. The van der Waals surface area contributed by atoms with Gasteiger partial charge in [-0.05, 0) is 0 Å². The Kier molecular flexibility index (Phi) is 2.23. The second-order valence-corrected chi connectivity index (χ2v) is 3.73. The zero-order valence-electron chi connectivity index (χ0n) is 7.31. The molecule has 2 aliphatic rings. The molecule has 2 unspecified atom stereocenters. The van der Waals surface area contributed by atoms with Crippen molar-refractivity contribution in [2.24, 2.45) is 0 Å². The predicted octanol–water partition coefficient (Wildman–Crippen LogP) is 1.83. The van der Waals surface area contributed by atoms with Gasteiger partial charge < -0.3 is 9.47 Å². The summed E-state index contributed by atoms with van der Waals surface area (Å²) in [6, 6.07) is 0. The molecule has 0 bridgehead atoms. The first-order valence-electron chi connectivity index (χ1n) is 4.39. The minimum Gasteiger partial charge on any atom is -0.373 e. The lowest BCUT2D eigenvalue weighted by atomic mass is 10.0. The molecule has 2 fully saturated rings. The van der Waals surface area contributed by atoms with Gasteiger partial charge in [0.1, 0.15) is 0 Å². The molecule has 0 aromatic heterocycles. The van der Waals surface area contributed by atoms with Crippen LogP contribution in [0.15, 0.2) is 0 Å². The molecule has 2 saturated heterocycles. The van der Waals surface area contributed by atoms with Gasteiger partial charge in [0, 0.05) is 12.8 Å². The Balaban J connectivity index is 1.92. The zero-order chi connectivity index (χ0) is 10.4. The smallest absolute Gasteiger partial charge is 0.312 e. The lowest BCUT2D eigenvalue weighted by Crippen LogP contribution is -2.42. The molecule has 14 heavy (non-hydrogen) atoms.